The third-order valence-electron chi connectivity index (χ3n) is 5.82. The summed E-state index contributed by atoms with van der Waals surface area (Å²) in [5, 5.41) is 10.3. The number of pyridine rings is 1. The van der Waals surface area contributed by atoms with Crippen LogP contribution in [0.25, 0.3) is 0 Å². The predicted molar refractivity (Wildman–Crippen MR) is 163 cm³/mol. The molecule has 0 aliphatic heterocycles. The van der Waals surface area contributed by atoms with Gasteiger partial charge in [-0.1, -0.05) is 18.0 Å². The van der Waals surface area contributed by atoms with Crippen LogP contribution >= 0.6 is 11.6 Å². The summed E-state index contributed by atoms with van der Waals surface area (Å²) < 4.78 is 38.2. The molecule has 2 rings (SSSR count). The van der Waals surface area contributed by atoms with Crippen molar-refractivity contribution in [1.29, 1.82) is 5.26 Å². The number of benzene rings is 1. The number of nitriles is 1. The van der Waals surface area contributed by atoms with Gasteiger partial charge in [-0.25, -0.2) is 9.69 Å². The Kier molecular flexibility index (Phi) is 22.8. The van der Waals surface area contributed by atoms with Gasteiger partial charge in [0.15, 0.2) is 18.6 Å². The number of halogens is 2. The molecule has 0 bridgehead atoms. The Bertz CT molecular complexity index is 1120. The number of hydrogen-bond donors (Lipinski definition) is 1. The number of nitrogens with two attached hydrogens (primary N) is 1. The number of aliphatic imine (C=N–C) groups is 1. The van der Waals surface area contributed by atoms with E-state index in [0.717, 1.165) is 31.4 Å². The van der Waals surface area contributed by atoms with Crippen LogP contribution in [0.1, 0.15) is 25.7 Å². The SMILES string of the molecule is COCCOCCOCCOCCOC(=O)OC[n+]1ccc(N(C#N)C(N)=NCCCCCCOc2ccc(Cl)cc2)cc1.[Cl-]. The molecule has 15 heteroatoms. The van der Waals surface area contributed by atoms with Crippen LogP contribution < -0.4 is 32.3 Å². The summed E-state index contributed by atoms with van der Waals surface area (Å²) in [7, 11) is 1.62. The summed E-state index contributed by atoms with van der Waals surface area (Å²) in [4.78, 5) is 17.4. The Morgan fingerprint density at radius 1 is 0.867 bits per heavy atom. The maximum Gasteiger partial charge on any atom is 0.513 e. The molecule has 13 nitrogen and oxygen atoms in total. The molecule has 2 N–H and O–H groups in total. The van der Waals surface area contributed by atoms with Gasteiger partial charge in [0.05, 0.1) is 58.5 Å². The van der Waals surface area contributed by atoms with Gasteiger partial charge in [-0.15, -0.1) is 0 Å². The lowest BCUT2D eigenvalue weighted by atomic mass is 10.2. The number of aromatic nitrogens is 1. The van der Waals surface area contributed by atoms with E-state index in [9.17, 15) is 10.1 Å². The van der Waals surface area contributed by atoms with Gasteiger partial charge >= 0.3 is 6.16 Å². The molecule has 45 heavy (non-hydrogen) atoms. The Morgan fingerprint density at radius 2 is 1.47 bits per heavy atom. The van der Waals surface area contributed by atoms with Gasteiger partial charge in [-0.3, -0.25) is 4.99 Å². The maximum absolute atomic E-state index is 11.8. The van der Waals surface area contributed by atoms with E-state index in [1.807, 2.05) is 18.3 Å². The Hall–Kier alpha value is -3.38. The standard InChI is InChI=1S/C30H43ClN5O8.ClH/c1-38-16-17-39-18-19-40-20-21-41-22-23-43-30(37)44-25-35-13-10-27(11-14-35)36(24-32)29(33)34-12-4-2-3-5-15-42-28-8-6-26(31)7-9-28;/h6-11,13-14H,2-5,12,15-23,25H2,1H3,(H2,33,34);1H/q+1;/p-1. The molecule has 0 amide bonds. The molecule has 0 saturated carbocycles. The van der Waals surface area contributed by atoms with E-state index in [2.05, 4.69) is 4.99 Å². The predicted octanol–water partition coefficient (Wildman–Crippen LogP) is 0.680. The Morgan fingerprint density at radius 3 is 2.09 bits per heavy atom. The lowest BCUT2D eigenvalue weighted by Gasteiger charge is -2.13. The molecule has 0 saturated heterocycles. The summed E-state index contributed by atoms with van der Waals surface area (Å²) in [5.41, 5.74) is 6.59. The zero-order valence-electron chi connectivity index (χ0n) is 25.6. The van der Waals surface area contributed by atoms with Crippen LogP contribution in [0, 0.1) is 11.5 Å². The molecule has 1 heterocycles. The van der Waals surface area contributed by atoms with Crippen molar-refractivity contribution in [3.05, 3.63) is 53.8 Å². The molecule has 1 aromatic carbocycles. The highest BCUT2D eigenvalue weighted by Gasteiger charge is 2.13. The van der Waals surface area contributed by atoms with Crippen molar-refractivity contribution in [2.75, 3.05) is 78.0 Å². The molecule has 0 fully saturated rings. The first kappa shape index (κ1) is 39.6. The number of nitrogens with zero attached hydrogens (tertiary/aromatic N) is 4. The van der Waals surface area contributed by atoms with Crippen LogP contribution in [0.5, 0.6) is 5.75 Å². The van der Waals surface area contributed by atoms with Crippen LogP contribution in [-0.4, -0.2) is 85.2 Å². The van der Waals surface area contributed by atoms with E-state index in [1.165, 1.54) is 4.90 Å². The van der Waals surface area contributed by atoms with Crippen molar-refractivity contribution < 1.29 is 54.9 Å². The molecule has 2 aromatic rings. The summed E-state index contributed by atoms with van der Waals surface area (Å²) in [6.45, 7) is 4.17. The van der Waals surface area contributed by atoms with Gasteiger partial charge in [0, 0.05) is 30.8 Å². The zero-order valence-corrected chi connectivity index (χ0v) is 27.1. The van der Waals surface area contributed by atoms with E-state index in [4.69, 9.17) is 50.5 Å². The highest BCUT2D eigenvalue weighted by atomic mass is 35.5. The third kappa shape index (κ3) is 18.9. The second-order valence-corrected chi connectivity index (χ2v) is 9.60. The van der Waals surface area contributed by atoms with Crippen molar-refractivity contribution in [2.45, 2.75) is 32.4 Å². The largest absolute Gasteiger partial charge is 1.00 e. The van der Waals surface area contributed by atoms with E-state index in [1.54, 1.807) is 48.3 Å². The molecule has 250 valence electrons. The van der Waals surface area contributed by atoms with Gasteiger partial charge in [-0.05, 0) is 43.5 Å². The van der Waals surface area contributed by atoms with E-state index in [-0.39, 0.29) is 38.3 Å². The molecule has 0 spiro atoms. The van der Waals surface area contributed by atoms with Crippen LogP contribution in [-0.2, 0) is 35.2 Å². The van der Waals surface area contributed by atoms with Gasteiger partial charge in [-0.2, -0.15) is 9.83 Å². The molecular weight excluding hydrogens is 629 g/mol. The fourth-order valence-electron chi connectivity index (χ4n) is 3.52. The molecule has 0 atom stereocenters. The fraction of sp³-hybridized carbons (Fsp3) is 0.533. The van der Waals surface area contributed by atoms with Crippen LogP contribution in [0.2, 0.25) is 5.02 Å². The minimum absolute atomic E-state index is 0. The number of unbranched alkanes of at least 4 members (excludes halogenated alkanes) is 3. The number of methoxy groups -OCH3 is 1. The summed E-state index contributed by atoms with van der Waals surface area (Å²) in [6.07, 6.45) is 8.25. The average Bonchev–Trinajstić information content (AvgIpc) is 3.03. The average molecular weight is 673 g/mol. The zero-order chi connectivity index (χ0) is 31.7. The van der Waals surface area contributed by atoms with Crippen LogP contribution in [0.15, 0.2) is 53.8 Å². The Balaban J connectivity index is 0.0000101. The lowest BCUT2D eigenvalue weighted by molar-refractivity contribution is -0.727. The third-order valence-corrected chi connectivity index (χ3v) is 6.08. The molecule has 0 unspecified atom stereocenters. The smallest absolute Gasteiger partial charge is 0.513 e. The molecule has 0 aliphatic rings. The number of guanidine groups is 1. The van der Waals surface area contributed by atoms with E-state index in [0.29, 0.717) is 63.5 Å². The number of hydrogen-bond acceptors (Lipinski definition) is 10. The topological polar surface area (TPSA) is 151 Å². The maximum atomic E-state index is 11.8. The highest BCUT2D eigenvalue weighted by molar-refractivity contribution is 6.30. The quantitative estimate of drug-likeness (QED) is 0.0338. The number of anilines is 1. The first-order valence-electron chi connectivity index (χ1n) is 14.4. The summed E-state index contributed by atoms with van der Waals surface area (Å²) >= 11 is 5.87. The minimum atomic E-state index is -0.821. The van der Waals surface area contributed by atoms with Crippen LogP contribution in [0.3, 0.4) is 0 Å². The Labute approximate surface area is 276 Å². The van der Waals surface area contributed by atoms with Gasteiger partial charge in [0.1, 0.15) is 12.4 Å². The molecule has 0 radical (unpaired) electrons. The number of rotatable bonds is 23. The molecule has 0 aliphatic carbocycles. The molecular formula is C30H43Cl2N5O8. The second-order valence-electron chi connectivity index (χ2n) is 9.16. The summed E-state index contributed by atoms with van der Waals surface area (Å²) in [6, 6.07) is 10.6. The first-order valence-corrected chi connectivity index (χ1v) is 14.8. The minimum Gasteiger partial charge on any atom is -1.00 e. The van der Waals surface area contributed by atoms with Crippen molar-refractivity contribution in [1.82, 2.24) is 0 Å². The van der Waals surface area contributed by atoms with Crippen molar-refractivity contribution in [2.24, 2.45) is 10.7 Å². The van der Waals surface area contributed by atoms with Crippen molar-refractivity contribution in [3.63, 3.8) is 0 Å². The number of carbonyl (C=O) groups is 1. The highest BCUT2D eigenvalue weighted by Crippen LogP contribution is 2.16. The van der Waals surface area contributed by atoms with Gasteiger partial charge < -0.3 is 51.3 Å². The fourth-order valence-corrected chi connectivity index (χ4v) is 3.64. The van der Waals surface area contributed by atoms with E-state index < -0.39 is 6.16 Å². The number of ether oxygens (including phenoxy) is 7. The van der Waals surface area contributed by atoms with E-state index >= 15 is 0 Å². The van der Waals surface area contributed by atoms with Gasteiger partial charge in [0.2, 0.25) is 5.96 Å². The number of carbonyl (C=O) groups excluding carboxylic acids is 1. The van der Waals surface area contributed by atoms with Crippen LogP contribution in [0.4, 0.5) is 10.5 Å². The molecule has 1 aromatic heterocycles. The normalized spacial score (nSPS) is 10.9. The lowest BCUT2D eigenvalue weighted by Crippen LogP contribution is -3.00. The van der Waals surface area contributed by atoms with Gasteiger partial charge in [0.25, 0.3) is 6.73 Å². The first-order chi connectivity index (χ1) is 21.5. The second kappa shape index (κ2) is 25.9. The monoisotopic (exact) mass is 671 g/mol. The summed E-state index contributed by atoms with van der Waals surface area (Å²) in [5.74, 6) is 0.911. The van der Waals surface area contributed by atoms with Crippen molar-refractivity contribution >= 4 is 29.4 Å². The van der Waals surface area contributed by atoms with Crippen molar-refractivity contribution in [3.8, 4) is 11.9 Å².